The zero-order valence-corrected chi connectivity index (χ0v) is 8.96. The normalized spacial score (nSPS) is 15.3. The van der Waals surface area contributed by atoms with Crippen LogP contribution in [0, 0.1) is 18.3 Å². The second-order valence-electron chi connectivity index (χ2n) is 3.27. The van der Waals surface area contributed by atoms with Crippen LogP contribution in [0.2, 0.25) is 0 Å². The molecule has 0 fully saturated rings. The molecular formula is C11H18N2. The molecule has 0 aromatic heterocycles. The van der Waals surface area contributed by atoms with Gasteiger partial charge in [-0.3, -0.25) is 0 Å². The van der Waals surface area contributed by atoms with Crippen molar-refractivity contribution in [2.24, 2.45) is 16.1 Å². The summed E-state index contributed by atoms with van der Waals surface area (Å²) in [5.41, 5.74) is 1.96. The summed E-state index contributed by atoms with van der Waals surface area (Å²) in [6.07, 6.45) is 6.82. The summed E-state index contributed by atoms with van der Waals surface area (Å²) >= 11 is 0. The van der Waals surface area contributed by atoms with Gasteiger partial charge in [0.15, 0.2) is 0 Å². The molecule has 0 radical (unpaired) electrons. The monoisotopic (exact) mass is 178 g/mol. The van der Waals surface area contributed by atoms with E-state index in [-0.39, 0.29) is 0 Å². The fraction of sp³-hybridized carbons (Fsp3) is 0.636. The van der Waals surface area contributed by atoms with Gasteiger partial charge in [-0.05, 0) is 26.2 Å². The highest BCUT2D eigenvalue weighted by Gasteiger charge is 2.01. The summed E-state index contributed by atoms with van der Waals surface area (Å²) < 4.78 is 0. The summed E-state index contributed by atoms with van der Waals surface area (Å²) in [5.74, 6) is 3.04. The zero-order chi connectivity index (χ0) is 10.3. The first-order chi connectivity index (χ1) is 6.11. The Hall–Kier alpha value is -1.10. The van der Waals surface area contributed by atoms with E-state index in [2.05, 4.69) is 30.0 Å². The van der Waals surface area contributed by atoms with Crippen LogP contribution in [0.1, 0.15) is 40.5 Å². The minimum Gasteiger partial charge on any atom is -0.160 e. The van der Waals surface area contributed by atoms with Crippen LogP contribution in [0.25, 0.3) is 0 Å². The van der Waals surface area contributed by atoms with E-state index in [4.69, 9.17) is 6.42 Å². The Labute approximate surface area is 81.1 Å². The van der Waals surface area contributed by atoms with Crippen molar-refractivity contribution >= 4 is 11.4 Å². The molecule has 0 saturated carbocycles. The predicted molar refractivity (Wildman–Crippen MR) is 59.1 cm³/mol. The molecule has 0 aliphatic rings. The van der Waals surface area contributed by atoms with Crippen LogP contribution in [0.3, 0.4) is 0 Å². The summed E-state index contributed by atoms with van der Waals surface area (Å²) in [6, 6.07) is 0. The van der Waals surface area contributed by atoms with Crippen LogP contribution in [-0.2, 0) is 0 Å². The second-order valence-corrected chi connectivity index (χ2v) is 3.27. The molecule has 0 heterocycles. The molecule has 0 bridgehead atoms. The molecule has 0 aromatic rings. The van der Waals surface area contributed by atoms with Crippen LogP contribution >= 0.6 is 0 Å². The third-order valence-electron chi connectivity index (χ3n) is 2.06. The van der Waals surface area contributed by atoms with Crippen LogP contribution in [-0.4, -0.2) is 11.4 Å². The lowest BCUT2D eigenvalue weighted by Crippen LogP contribution is -2.04. The fourth-order valence-electron chi connectivity index (χ4n) is 0.741. The van der Waals surface area contributed by atoms with Gasteiger partial charge in [-0.25, -0.2) is 0 Å². The summed E-state index contributed by atoms with van der Waals surface area (Å²) in [4.78, 5) is 0. The molecule has 13 heavy (non-hydrogen) atoms. The quantitative estimate of drug-likeness (QED) is 0.359. The van der Waals surface area contributed by atoms with Crippen molar-refractivity contribution < 1.29 is 0 Å². The second kappa shape index (κ2) is 6.42. The van der Waals surface area contributed by atoms with Crippen LogP contribution in [0.15, 0.2) is 10.2 Å². The lowest BCUT2D eigenvalue weighted by molar-refractivity contribution is 0.732. The predicted octanol–water partition coefficient (Wildman–Crippen LogP) is 2.89. The highest BCUT2D eigenvalue weighted by Crippen LogP contribution is 2.03. The van der Waals surface area contributed by atoms with E-state index in [1.807, 2.05) is 13.8 Å². The standard InChI is InChI=1S/C11H18N2/c1-6-8-10(4)12-13-11(5)9(3)7-2/h1,9H,7-8H2,2-5H3/b12-10+,13-11-. The fourth-order valence-corrected chi connectivity index (χ4v) is 0.741. The summed E-state index contributed by atoms with van der Waals surface area (Å²) in [6.45, 7) is 8.18. The SMILES string of the molecule is C#CC/C(C)=N/N=C(/C)C(C)CC. The number of rotatable bonds is 4. The number of terminal acetylenes is 1. The Morgan fingerprint density at radius 1 is 1.38 bits per heavy atom. The lowest BCUT2D eigenvalue weighted by atomic mass is 10.1. The number of hydrogen-bond acceptors (Lipinski definition) is 2. The molecule has 0 amide bonds. The average Bonchev–Trinajstić information content (AvgIpc) is 2.13. The minimum atomic E-state index is 0.502. The zero-order valence-electron chi connectivity index (χ0n) is 8.96. The number of nitrogens with zero attached hydrogens (tertiary/aromatic N) is 2. The molecule has 1 unspecified atom stereocenters. The van der Waals surface area contributed by atoms with Crippen molar-refractivity contribution in [3.63, 3.8) is 0 Å². The van der Waals surface area contributed by atoms with E-state index >= 15 is 0 Å². The Morgan fingerprint density at radius 3 is 2.46 bits per heavy atom. The Balaban J connectivity index is 4.25. The van der Waals surface area contributed by atoms with E-state index < -0.39 is 0 Å². The van der Waals surface area contributed by atoms with Gasteiger partial charge in [0.05, 0.1) is 0 Å². The summed E-state index contributed by atoms with van der Waals surface area (Å²) in [5, 5.41) is 8.17. The molecule has 0 aliphatic heterocycles. The van der Waals surface area contributed by atoms with Gasteiger partial charge >= 0.3 is 0 Å². The number of hydrogen-bond donors (Lipinski definition) is 0. The van der Waals surface area contributed by atoms with Crippen molar-refractivity contribution in [3.05, 3.63) is 0 Å². The van der Waals surface area contributed by atoms with Crippen molar-refractivity contribution in [1.82, 2.24) is 0 Å². The molecule has 0 N–H and O–H groups in total. The van der Waals surface area contributed by atoms with Gasteiger partial charge in [0.1, 0.15) is 0 Å². The molecule has 72 valence electrons. The van der Waals surface area contributed by atoms with E-state index in [0.717, 1.165) is 17.8 Å². The van der Waals surface area contributed by atoms with Gasteiger partial charge in [-0.1, -0.05) is 13.8 Å². The summed E-state index contributed by atoms with van der Waals surface area (Å²) in [7, 11) is 0. The van der Waals surface area contributed by atoms with E-state index in [9.17, 15) is 0 Å². The Bertz CT molecular complexity index is 243. The topological polar surface area (TPSA) is 24.7 Å². The van der Waals surface area contributed by atoms with E-state index in [1.54, 1.807) is 0 Å². The van der Waals surface area contributed by atoms with Crippen LogP contribution < -0.4 is 0 Å². The lowest BCUT2D eigenvalue weighted by Gasteiger charge is -2.04. The minimum absolute atomic E-state index is 0.502. The van der Waals surface area contributed by atoms with E-state index in [0.29, 0.717) is 12.3 Å². The smallest absolute Gasteiger partial charge is 0.0493 e. The van der Waals surface area contributed by atoms with Gasteiger partial charge in [0.25, 0.3) is 0 Å². The molecular weight excluding hydrogens is 160 g/mol. The molecule has 0 rings (SSSR count). The molecule has 0 saturated heterocycles. The first-order valence-electron chi connectivity index (χ1n) is 4.62. The largest absolute Gasteiger partial charge is 0.160 e. The molecule has 2 heteroatoms. The maximum absolute atomic E-state index is 5.14. The highest BCUT2D eigenvalue weighted by atomic mass is 15.2. The first-order valence-corrected chi connectivity index (χ1v) is 4.62. The maximum atomic E-state index is 5.14. The first kappa shape index (κ1) is 11.9. The van der Waals surface area contributed by atoms with Crippen LogP contribution in [0.5, 0.6) is 0 Å². The van der Waals surface area contributed by atoms with Gasteiger partial charge in [-0.2, -0.15) is 10.2 Å². The third kappa shape index (κ3) is 5.19. The van der Waals surface area contributed by atoms with Gasteiger partial charge in [0, 0.05) is 17.8 Å². The van der Waals surface area contributed by atoms with Crippen LogP contribution in [0.4, 0.5) is 0 Å². The van der Waals surface area contributed by atoms with Crippen molar-refractivity contribution in [2.75, 3.05) is 0 Å². The van der Waals surface area contributed by atoms with E-state index in [1.165, 1.54) is 0 Å². The third-order valence-corrected chi connectivity index (χ3v) is 2.06. The van der Waals surface area contributed by atoms with Crippen molar-refractivity contribution in [2.45, 2.75) is 40.5 Å². The molecule has 1 atom stereocenters. The molecule has 0 aliphatic carbocycles. The Kier molecular flexibility index (Phi) is 5.88. The van der Waals surface area contributed by atoms with Crippen molar-refractivity contribution in [1.29, 1.82) is 0 Å². The van der Waals surface area contributed by atoms with Crippen molar-refractivity contribution in [3.8, 4) is 12.3 Å². The Morgan fingerprint density at radius 2 is 2.00 bits per heavy atom. The van der Waals surface area contributed by atoms with Gasteiger partial charge in [0.2, 0.25) is 0 Å². The highest BCUT2D eigenvalue weighted by molar-refractivity contribution is 5.87. The average molecular weight is 178 g/mol. The molecule has 2 nitrogen and oxygen atoms in total. The molecule has 0 aromatic carbocycles. The maximum Gasteiger partial charge on any atom is 0.0493 e. The van der Waals surface area contributed by atoms with Gasteiger partial charge < -0.3 is 0 Å². The molecule has 0 spiro atoms. The van der Waals surface area contributed by atoms with Gasteiger partial charge in [-0.15, -0.1) is 12.3 Å².